The summed E-state index contributed by atoms with van der Waals surface area (Å²) in [6.07, 6.45) is 1.45. The standard InChI is InChI=1S/C17H20O2/c1-17(2)10-9-15(16(17)18)19-14-8-7-12-5-3-4-6-13(12)11-14/h3-8,11,15-16,18H,9-10H2,1-2H3. The summed E-state index contributed by atoms with van der Waals surface area (Å²) in [4.78, 5) is 0. The summed E-state index contributed by atoms with van der Waals surface area (Å²) in [5.74, 6) is 0.848. The van der Waals surface area contributed by atoms with Gasteiger partial charge in [0, 0.05) is 0 Å². The molecule has 0 radical (unpaired) electrons. The normalized spacial score (nSPS) is 25.6. The Morgan fingerprint density at radius 3 is 2.53 bits per heavy atom. The highest BCUT2D eigenvalue weighted by Gasteiger charge is 2.42. The molecular weight excluding hydrogens is 236 g/mol. The van der Waals surface area contributed by atoms with Gasteiger partial charge in [-0.3, -0.25) is 0 Å². The van der Waals surface area contributed by atoms with Crippen molar-refractivity contribution in [1.82, 2.24) is 0 Å². The second kappa shape index (κ2) is 4.53. The van der Waals surface area contributed by atoms with Gasteiger partial charge in [0.1, 0.15) is 11.9 Å². The minimum Gasteiger partial charge on any atom is -0.488 e. The number of aliphatic hydroxyl groups is 1. The Balaban J connectivity index is 1.82. The minimum atomic E-state index is -0.390. The summed E-state index contributed by atoms with van der Waals surface area (Å²) in [6.45, 7) is 4.20. The molecule has 2 heteroatoms. The maximum absolute atomic E-state index is 10.3. The van der Waals surface area contributed by atoms with E-state index in [0.29, 0.717) is 0 Å². The SMILES string of the molecule is CC1(C)CCC(Oc2ccc3ccccc3c2)C1O. The van der Waals surface area contributed by atoms with Crippen molar-refractivity contribution in [3.05, 3.63) is 42.5 Å². The molecule has 2 aromatic rings. The van der Waals surface area contributed by atoms with E-state index in [2.05, 4.69) is 32.0 Å². The van der Waals surface area contributed by atoms with Crippen LogP contribution in [0.3, 0.4) is 0 Å². The van der Waals surface area contributed by atoms with Crippen molar-refractivity contribution in [3.63, 3.8) is 0 Å². The Kier molecular flexibility index (Phi) is 2.98. The van der Waals surface area contributed by atoms with Crippen LogP contribution in [0.15, 0.2) is 42.5 Å². The Morgan fingerprint density at radius 1 is 1.11 bits per heavy atom. The summed E-state index contributed by atoms with van der Waals surface area (Å²) in [6, 6.07) is 14.3. The van der Waals surface area contributed by atoms with Crippen LogP contribution >= 0.6 is 0 Å². The highest BCUT2D eigenvalue weighted by molar-refractivity contribution is 5.83. The van der Waals surface area contributed by atoms with E-state index in [9.17, 15) is 5.11 Å². The van der Waals surface area contributed by atoms with Crippen LogP contribution in [0.5, 0.6) is 5.75 Å². The Labute approximate surface area is 114 Å². The van der Waals surface area contributed by atoms with Gasteiger partial charge in [-0.05, 0) is 41.2 Å². The monoisotopic (exact) mass is 256 g/mol. The Morgan fingerprint density at radius 2 is 1.84 bits per heavy atom. The fourth-order valence-corrected chi connectivity index (χ4v) is 2.86. The lowest BCUT2D eigenvalue weighted by Crippen LogP contribution is -2.34. The largest absolute Gasteiger partial charge is 0.488 e. The van der Waals surface area contributed by atoms with Gasteiger partial charge in [-0.1, -0.05) is 44.2 Å². The van der Waals surface area contributed by atoms with Gasteiger partial charge >= 0.3 is 0 Å². The van der Waals surface area contributed by atoms with Crippen molar-refractivity contribution < 1.29 is 9.84 Å². The number of hydrogen-bond acceptors (Lipinski definition) is 2. The van der Waals surface area contributed by atoms with Gasteiger partial charge in [-0.25, -0.2) is 0 Å². The first-order chi connectivity index (χ1) is 9.06. The fourth-order valence-electron chi connectivity index (χ4n) is 2.86. The van der Waals surface area contributed by atoms with E-state index in [1.165, 1.54) is 10.8 Å². The zero-order chi connectivity index (χ0) is 13.5. The molecular formula is C17H20O2. The van der Waals surface area contributed by atoms with E-state index < -0.39 is 0 Å². The average molecular weight is 256 g/mol. The molecule has 100 valence electrons. The van der Waals surface area contributed by atoms with E-state index >= 15 is 0 Å². The number of rotatable bonds is 2. The lowest BCUT2D eigenvalue weighted by Gasteiger charge is -2.25. The van der Waals surface area contributed by atoms with Crippen molar-refractivity contribution in [2.45, 2.75) is 38.9 Å². The van der Waals surface area contributed by atoms with Gasteiger partial charge in [0.15, 0.2) is 0 Å². The summed E-state index contributed by atoms with van der Waals surface area (Å²) in [5.41, 5.74) is -0.0402. The van der Waals surface area contributed by atoms with Crippen molar-refractivity contribution in [3.8, 4) is 5.75 Å². The van der Waals surface area contributed by atoms with Gasteiger partial charge in [0.05, 0.1) is 6.10 Å². The summed E-state index contributed by atoms with van der Waals surface area (Å²) < 4.78 is 5.98. The third-order valence-electron chi connectivity index (χ3n) is 4.23. The van der Waals surface area contributed by atoms with Crippen molar-refractivity contribution >= 4 is 10.8 Å². The first-order valence-corrected chi connectivity index (χ1v) is 6.90. The molecule has 2 unspecified atom stereocenters. The lowest BCUT2D eigenvalue weighted by molar-refractivity contribution is 0.00498. The molecule has 1 N–H and O–H groups in total. The molecule has 0 aliphatic heterocycles. The quantitative estimate of drug-likeness (QED) is 0.886. The molecule has 0 heterocycles. The zero-order valence-electron chi connectivity index (χ0n) is 11.5. The third kappa shape index (κ3) is 2.33. The van der Waals surface area contributed by atoms with Crippen molar-refractivity contribution in [2.75, 3.05) is 0 Å². The molecule has 1 aliphatic carbocycles. The zero-order valence-corrected chi connectivity index (χ0v) is 11.5. The number of benzene rings is 2. The molecule has 2 nitrogen and oxygen atoms in total. The van der Waals surface area contributed by atoms with E-state index in [-0.39, 0.29) is 17.6 Å². The molecule has 0 spiro atoms. The highest BCUT2D eigenvalue weighted by Crippen LogP contribution is 2.39. The molecule has 0 amide bonds. The fraction of sp³-hybridized carbons (Fsp3) is 0.412. The summed E-state index contributed by atoms with van der Waals surface area (Å²) in [5, 5.41) is 12.6. The van der Waals surface area contributed by atoms with Crippen LogP contribution in [0.4, 0.5) is 0 Å². The van der Waals surface area contributed by atoms with Crippen LogP contribution in [0.1, 0.15) is 26.7 Å². The van der Waals surface area contributed by atoms with Crippen LogP contribution in [0.25, 0.3) is 10.8 Å². The molecule has 19 heavy (non-hydrogen) atoms. The molecule has 2 aromatic carbocycles. The van der Waals surface area contributed by atoms with E-state index in [4.69, 9.17) is 4.74 Å². The topological polar surface area (TPSA) is 29.5 Å². The maximum Gasteiger partial charge on any atom is 0.125 e. The Bertz CT molecular complexity index is 589. The van der Waals surface area contributed by atoms with Crippen molar-refractivity contribution in [2.24, 2.45) is 5.41 Å². The number of hydrogen-bond donors (Lipinski definition) is 1. The van der Waals surface area contributed by atoms with Crippen LogP contribution in [-0.2, 0) is 0 Å². The lowest BCUT2D eigenvalue weighted by atomic mass is 9.89. The number of fused-ring (bicyclic) bond motifs is 1. The van der Waals surface area contributed by atoms with Crippen LogP contribution < -0.4 is 4.74 Å². The first-order valence-electron chi connectivity index (χ1n) is 6.90. The van der Waals surface area contributed by atoms with Crippen molar-refractivity contribution in [1.29, 1.82) is 0 Å². The van der Waals surface area contributed by atoms with E-state index in [0.717, 1.165) is 18.6 Å². The third-order valence-corrected chi connectivity index (χ3v) is 4.23. The van der Waals surface area contributed by atoms with Gasteiger partial charge in [-0.2, -0.15) is 0 Å². The van der Waals surface area contributed by atoms with Gasteiger partial charge < -0.3 is 9.84 Å². The molecule has 0 saturated heterocycles. The van der Waals surface area contributed by atoms with E-state index in [1.807, 2.05) is 24.3 Å². The van der Waals surface area contributed by atoms with E-state index in [1.54, 1.807) is 0 Å². The second-order valence-corrected chi connectivity index (χ2v) is 6.14. The average Bonchev–Trinajstić information content (AvgIpc) is 2.66. The predicted molar refractivity (Wildman–Crippen MR) is 77.4 cm³/mol. The van der Waals surface area contributed by atoms with Gasteiger partial charge in [0.25, 0.3) is 0 Å². The summed E-state index contributed by atoms with van der Waals surface area (Å²) >= 11 is 0. The van der Waals surface area contributed by atoms with Crippen LogP contribution in [0, 0.1) is 5.41 Å². The first kappa shape index (κ1) is 12.5. The molecule has 1 fully saturated rings. The molecule has 0 bridgehead atoms. The molecule has 2 atom stereocenters. The highest BCUT2D eigenvalue weighted by atomic mass is 16.5. The smallest absolute Gasteiger partial charge is 0.125 e. The predicted octanol–water partition coefficient (Wildman–Crippen LogP) is 3.77. The Hall–Kier alpha value is -1.54. The summed E-state index contributed by atoms with van der Waals surface area (Å²) in [7, 11) is 0. The second-order valence-electron chi connectivity index (χ2n) is 6.14. The molecule has 0 aromatic heterocycles. The van der Waals surface area contributed by atoms with Crippen LogP contribution in [-0.4, -0.2) is 17.3 Å². The molecule has 3 rings (SSSR count). The molecule has 1 saturated carbocycles. The minimum absolute atomic E-state index is 0.0402. The van der Waals surface area contributed by atoms with Gasteiger partial charge in [0.2, 0.25) is 0 Å². The number of aliphatic hydroxyl groups excluding tert-OH is 1. The number of ether oxygens (including phenoxy) is 1. The molecule has 1 aliphatic rings. The maximum atomic E-state index is 10.3. The van der Waals surface area contributed by atoms with Crippen LogP contribution in [0.2, 0.25) is 0 Å². The van der Waals surface area contributed by atoms with Gasteiger partial charge in [-0.15, -0.1) is 0 Å².